The van der Waals surface area contributed by atoms with Crippen LogP contribution in [0.25, 0.3) is 10.9 Å². The lowest BCUT2D eigenvalue weighted by molar-refractivity contribution is -0.0321. The first-order chi connectivity index (χ1) is 14.6. The summed E-state index contributed by atoms with van der Waals surface area (Å²) >= 11 is -1.31. The van der Waals surface area contributed by atoms with Crippen molar-refractivity contribution in [2.75, 3.05) is 26.0 Å². The maximum atomic E-state index is 12.8. The second-order valence-electron chi connectivity index (χ2n) is 8.41. The van der Waals surface area contributed by atoms with Crippen molar-refractivity contribution in [2.24, 2.45) is 11.8 Å². The molecule has 0 aliphatic carbocycles. The predicted octanol–water partition coefficient (Wildman–Crippen LogP) is 4.66. The van der Waals surface area contributed by atoms with Gasteiger partial charge in [0.15, 0.2) is 11.1 Å². The Morgan fingerprint density at radius 1 is 1.40 bits per heavy atom. The van der Waals surface area contributed by atoms with E-state index < -0.39 is 11.1 Å². The summed E-state index contributed by atoms with van der Waals surface area (Å²) in [5, 5.41) is 1.01. The quantitative estimate of drug-likeness (QED) is 0.544. The summed E-state index contributed by atoms with van der Waals surface area (Å²) in [6.07, 6.45) is 7.83. The Hall–Kier alpha value is -1.76. The van der Waals surface area contributed by atoms with Crippen molar-refractivity contribution < 1.29 is 13.1 Å². The zero-order valence-corrected chi connectivity index (χ0v) is 18.8. The molecule has 0 saturated carbocycles. The number of piperidine rings is 3. The summed E-state index contributed by atoms with van der Waals surface area (Å²) in [4.78, 5) is 7.05. The molecule has 1 aromatic carbocycles. The van der Waals surface area contributed by atoms with Gasteiger partial charge in [0, 0.05) is 29.9 Å². The molecule has 162 valence electrons. The third-order valence-electron chi connectivity index (χ3n) is 6.67. The van der Waals surface area contributed by atoms with Crippen LogP contribution in [0.4, 0.5) is 0 Å². The van der Waals surface area contributed by atoms with Gasteiger partial charge in [-0.1, -0.05) is 19.4 Å². The van der Waals surface area contributed by atoms with Crippen LogP contribution in [0.3, 0.4) is 0 Å². The predicted molar refractivity (Wildman–Crippen MR) is 122 cm³/mol. The highest BCUT2D eigenvalue weighted by atomic mass is 32.2. The normalized spacial score (nSPS) is 27.7. The van der Waals surface area contributed by atoms with Crippen molar-refractivity contribution in [3.8, 4) is 5.75 Å². The van der Waals surface area contributed by atoms with Crippen LogP contribution in [0.2, 0.25) is 0 Å². The van der Waals surface area contributed by atoms with Crippen LogP contribution in [-0.2, 0) is 15.3 Å². The Morgan fingerprint density at radius 2 is 2.27 bits per heavy atom. The first-order valence-corrected chi connectivity index (χ1v) is 12.2. The molecule has 3 aliphatic rings. The fourth-order valence-electron chi connectivity index (χ4n) is 4.96. The average Bonchev–Trinajstić information content (AvgIpc) is 2.80. The SMILES string of the molecule is C=C[C@H]1CN2CC[C@H]1C[C@H]2[C@H](O[S@](=O)CCCC)c1ccnc2ccc(OC)cc12. The van der Waals surface area contributed by atoms with E-state index in [-0.39, 0.29) is 12.1 Å². The molecule has 0 radical (unpaired) electrons. The summed E-state index contributed by atoms with van der Waals surface area (Å²) in [6.45, 7) is 8.22. The van der Waals surface area contributed by atoms with Gasteiger partial charge in [0.05, 0.1) is 12.6 Å². The van der Waals surface area contributed by atoms with Crippen LogP contribution in [0.1, 0.15) is 44.3 Å². The van der Waals surface area contributed by atoms with Gasteiger partial charge in [-0.05, 0) is 67.5 Å². The van der Waals surface area contributed by atoms with Gasteiger partial charge in [-0.3, -0.25) is 14.1 Å². The molecular formula is C24H32N2O3S. The molecule has 0 spiro atoms. The van der Waals surface area contributed by atoms with E-state index in [1.807, 2.05) is 30.5 Å². The maximum Gasteiger partial charge on any atom is 0.156 e. The third kappa shape index (κ3) is 4.32. The number of fused-ring (bicyclic) bond motifs is 4. The van der Waals surface area contributed by atoms with E-state index in [9.17, 15) is 4.21 Å². The first-order valence-electron chi connectivity index (χ1n) is 11.0. The van der Waals surface area contributed by atoms with Gasteiger partial charge in [-0.15, -0.1) is 6.58 Å². The molecule has 2 bridgehead atoms. The number of pyridine rings is 1. The van der Waals surface area contributed by atoms with Gasteiger partial charge in [-0.25, -0.2) is 4.21 Å². The number of rotatable bonds is 9. The van der Waals surface area contributed by atoms with Crippen molar-refractivity contribution in [2.45, 2.75) is 44.8 Å². The van der Waals surface area contributed by atoms with Crippen molar-refractivity contribution in [1.82, 2.24) is 9.88 Å². The Morgan fingerprint density at radius 3 is 2.97 bits per heavy atom. The molecule has 1 unspecified atom stereocenters. The van der Waals surface area contributed by atoms with Gasteiger partial charge in [-0.2, -0.15) is 0 Å². The molecule has 6 heteroatoms. The van der Waals surface area contributed by atoms with Crippen LogP contribution >= 0.6 is 0 Å². The zero-order valence-electron chi connectivity index (χ0n) is 18.0. The lowest BCUT2D eigenvalue weighted by Gasteiger charge is -2.51. The molecule has 3 fully saturated rings. The minimum atomic E-state index is -1.31. The van der Waals surface area contributed by atoms with Gasteiger partial charge in [0.2, 0.25) is 0 Å². The van der Waals surface area contributed by atoms with E-state index in [4.69, 9.17) is 8.92 Å². The number of unbranched alkanes of at least 4 members (excludes halogenated alkanes) is 1. The molecule has 0 amide bonds. The minimum Gasteiger partial charge on any atom is -0.497 e. The smallest absolute Gasteiger partial charge is 0.156 e. The number of hydrogen-bond acceptors (Lipinski definition) is 5. The maximum absolute atomic E-state index is 12.8. The van der Waals surface area contributed by atoms with Gasteiger partial charge < -0.3 is 4.74 Å². The van der Waals surface area contributed by atoms with Gasteiger partial charge in [0.25, 0.3) is 0 Å². The number of methoxy groups -OCH3 is 1. The summed E-state index contributed by atoms with van der Waals surface area (Å²) in [5.41, 5.74) is 1.96. The molecule has 30 heavy (non-hydrogen) atoms. The molecule has 0 N–H and O–H groups in total. The number of ether oxygens (including phenoxy) is 1. The molecule has 3 aliphatic heterocycles. The summed E-state index contributed by atoms with van der Waals surface area (Å²) in [5.74, 6) is 2.52. The first kappa shape index (κ1) is 21.5. The van der Waals surface area contributed by atoms with Gasteiger partial charge >= 0.3 is 0 Å². The Bertz CT molecular complexity index is 918. The monoisotopic (exact) mass is 428 g/mol. The second kappa shape index (κ2) is 9.58. The fourth-order valence-corrected chi connectivity index (χ4v) is 6.05. The van der Waals surface area contributed by atoms with E-state index in [0.717, 1.165) is 54.6 Å². The second-order valence-corrected chi connectivity index (χ2v) is 9.62. The Labute approximate surface area is 182 Å². The van der Waals surface area contributed by atoms with Crippen LogP contribution in [-0.4, -0.2) is 46.1 Å². The van der Waals surface area contributed by atoms with Crippen LogP contribution in [0, 0.1) is 11.8 Å². The molecule has 4 heterocycles. The molecular weight excluding hydrogens is 396 g/mol. The molecule has 1 aromatic heterocycles. The van der Waals surface area contributed by atoms with Crippen LogP contribution in [0.15, 0.2) is 43.1 Å². The Kier molecular flexibility index (Phi) is 6.86. The highest BCUT2D eigenvalue weighted by Gasteiger charge is 2.44. The lowest BCUT2D eigenvalue weighted by Crippen LogP contribution is -2.55. The zero-order chi connectivity index (χ0) is 21.1. The molecule has 5 rings (SSSR count). The van der Waals surface area contributed by atoms with Gasteiger partial charge in [0.1, 0.15) is 11.9 Å². The summed E-state index contributed by atoms with van der Waals surface area (Å²) < 4.78 is 24.6. The van der Waals surface area contributed by atoms with Crippen molar-refractivity contribution in [1.29, 1.82) is 0 Å². The number of nitrogens with zero attached hydrogens (tertiary/aromatic N) is 2. The third-order valence-corrected chi connectivity index (χ3v) is 7.71. The average molecular weight is 429 g/mol. The Balaban J connectivity index is 1.72. The summed E-state index contributed by atoms with van der Waals surface area (Å²) in [7, 11) is 1.67. The van der Waals surface area contributed by atoms with E-state index in [1.54, 1.807) is 7.11 Å². The van der Waals surface area contributed by atoms with Crippen LogP contribution in [0.5, 0.6) is 5.75 Å². The van der Waals surface area contributed by atoms with E-state index in [1.165, 1.54) is 6.42 Å². The largest absolute Gasteiger partial charge is 0.497 e. The number of aromatic nitrogens is 1. The van der Waals surface area contributed by atoms with Crippen molar-refractivity contribution in [3.05, 3.63) is 48.7 Å². The van der Waals surface area contributed by atoms with Crippen LogP contribution < -0.4 is 4.74 Å². The molecule has 5 nitrogen and oxygen atoms in total. The lowest BCUT2D eigenvalue weighted by atomic mass is 9.73. The minimum absolute atomic E-state index is 0.210. The van der Waals surface area contributed by atoms with Crippen molar-refractivity contribution in [3.63, 3.8) is 0 Å². The number of hydrogen-bond donors (Lipinski definition) is 0. The fraction of sp³-hybridized carbons (Fsp3) is 0.542. The van der Waals surface area contributed by atoms with Crippen molar-refractivity contribution >= 4 is 22.0 Å². The molecule has 2 aromatic rings. The van der Waals surface area contributed by atoms with E-state index >= 15 is 0 Å². The van der Waals surface area contributed by atoms with E-state index in [0.29, 0.717) is 17.6 Å². The highest BCUT2D eigenvalue weighted by Crippen LogP contribution is 2.44. The van der Waals surface area contributed by atoms with E-state index in [2.05, 4.69) is 29.5 Å². The standard InChI is InChI=1S/C24H32N2O3S/c1-4-6-13-30(27)29-24(23-14-18-10-12-26(23)16-17(18)5-2)20-9-11-25-22-8-7-19(28-3)15-21(20)22/h5,7-9,11,15,17-18,23-24H,2,4,6,10,12-14,16H2,1,3H3/t17-,18-,23-,24+,30-/m0/s1. The molecule has 3 saturated heterocycles. The number of benzene rings is 1. The molecule has 6 atom stereocenters. The summed E-state index contributed by atoms with van der Waals surface area (Å²) in [6, 6.07) is 8.16. The topological polar surface area (TPSA) is 51.7 Å². The highest BCUT2D eigenvalue weighted by molar-refractivity contribution is 7.80.